The average molecular weight is 449 g/mol. The van der Waals surface area contributed by atoms with Crippen molar-refractivity contribution in [1.29, 1.82) is 0 Å². The molecule has 0 radical (unpaired) electrons. The first-order valence-corrected chi connectivity index (χ1v) is 11.5. The van der Waals surface area contributed by atoms with Gasteiger partial charge >= 0.3 is 0 Å². The SMILES string of the molecule is Cc1ccc(-n2cc(-c3ncc(C)s3)nc2-c2ccc(-n3ccc4cccnc43)cc2)cn1. The summed E-state index contributed by atoms with van der Waals surface area (Å²) in [5.41, 5.74) is 5.81. The minimum absolute atomic E-state index is 0.852. The van der Waals surface area contributed by atoms with Crippen LogP contribution >= 0.6 is 11.3 Å². The second kappa shape index (κ2) is 7.79. The van der Waals surface area contributed by atoms with Crippen LogP contribution in [0.3, 0.4) is 0 Å². The molecule has 0 aliphatic carbocycles. The van der Waals surface area contributed by atoms with E-state index in [0.717, 1.165) is 55.1 Å². The molecule has 5 heterocycles. The van der Waals surface area contributed by atoms with Crippen molar-refractivity contribution in [2.75, 3.05) is 0 Å². The number of thiazole rings is 1. The molecule has 0 N–H and O–H groups in total. The molecule has 0 aliphatic heterocycles. The molecule has 0 unspecified atom stereocenters. The molecule has 33 heavy (non-hydrogen) atoms. The van der Waals surface area contributed by atoms with Crippen LogP contribution < -0.4 is 0 Å². The van der Waals surface area contributed by atoms with Crippen molar-refractivity contribution in [3.8, 4) is 33.5 Å². The summed E-state index contributed by atoms with van der Waals surface area (Å²) in [5, 5.41) is 2.03. The van der Waals surface area contributed by atoms with E-state index in [0.29, 0.717) is 0 Å². The number of aryl methyl sites for hydroxylation is 2. The molecule has 0 bridgehead atoms. The van der Waals surface area contributed by atoms with Gasteiger partial charge in [-0.2, -0.15) is 0 Å². The number of aromatic nitrogens is 6. The van der Waals surface area contributed by atoms with Gasteiger partial charge in [0.25, 0.3) is 0 Å². The van der Waals surface area contributed by atoms with Gasteiger partial charge in [0.1, 0.15) is 22.2 Å². The zero-order valence-electron chi connectivity index (χ0n) is 18.2. The highest BCUT2D eigenvalue weighted by Crippen LogP contribution is 2.30. The van der Waals surface area contributed by atoms with Crippen molar-refractivity contribution < 1.29 is 0 Å². The molecule has 6 rings (SSSR count). The summed E-state index contributed by atoms with van der Waals surface area (Å²) in [6, 6.07) is 18.6. The van der Waals surface area contributed by atoms with Gasteiger partial charge in [-0.05, 0) is 68.4 Å². The Morgan fingerprint density at radius 2 is 1.64 bits per heavy atom. The smallest absolute Gasteiger partial charge is 0.145 e. The van der Waals surface area contributed by atoms with Gasteiger partial charge in [0.05, 0.1) is 11.9 Å². The number of benzene rings is 1. The molecule has 1 aromatic carbocycles. The predicted octanol–water partition coefficient (Wildman–Crippen LogP) is 6.01. The summed E-state index contributed by atoms with van der Waals surface area (Å²) < 4.78 is 4.18. The van der Waals surface area contributed by atoms with E-state index in [2.05, 4.69) is 79.7 Å². The van der Waals surface area contributed by atoms with Crippen molar-refractivity contribution >= 4 is 22.4 Å². The van der Waals surface area contributed by atoms with Crippen LogP contribution in [-0.2, 0) is 0 Å². The molecule has 0 saturated carbocycles. The zero-order chi connectivity index (χ0) is 22.4. The van der Waals surface area contributed by atoms with Crippen LogP contribution in [0.25, 0.3) is 44.5 Å². The Labute approximate surface area is 194 Å². The Balaban J connectivity index is 1.45. The van der Waals surface area contributed by atoms with Crippen molar-refractivity contribution in [3.05, 3.63) is 96.2 Å². The minimum Gasteiger partial charge on any atom is -0.301 e. The molecule has 6 aromatic rings. The van der Waals surface area contributed by atoms with E-state index < -0.39 is 0 Å². The van der Waals surface area contributed by atoms with E-state index in [4.69, 9.17) is 4.98 Å². The van der Waals surface area contributed by atoms with Crippen LogP contribution in [0.15, 0.2) is 85.6 Å². The van der Waals surface area contributed by atoms with Crippen LogP contribution in [0.4, 0.5) is 0 Å². The van der Waals surface area contributed by atoms with E-state index in [1.54, 1.807) is 11.3 Å². The number of hydrogen-bond donors (Lipinski definition) is 0. The summed E-state index contributed by atoms with van der Waals surface area (Å²) in [5.74, 6) is 0.852. The first-order valence-electron chi connectivity index (χ1n) is 10.6. The number of nitrogens with zero attached hydrogens (tertiary/aromatic N) is 6. The van der Waals surface area contributed by atoms with Gasteiger partial charge in [-0.3, -0.25) is 9.55 Å². The highest BCUT2D eigenvalue weighted by molar-refractivity contribution is 7.14. The topological polar surface area (TPSA) is 61.4 Å². The largest absolute Gasteiger partial charge is 0.301 e. The molecule has 6 nitrogen and oxygen atoms in total. The lowest BCUT2D eigenvalue weighted by atomic mass is 10.2. The third-order valence-electron chi connectivity index (χ3n) is 5.57. The Kier molecular flexibility index (Phi) is 4.62. The highest BCUT2D eigenvalue weighted by atomic mass is 32.1. The Bertz CT molecular complexity index is 1570. The van der Waals surface area contributed by atoms with Crippen molar-refractivity contribution in [3.63, 3.8) is 0 Å². The molecule has 7 heteroatoms. The van der Waals surface area contributed by atoms with Gasteiger partial charge in [0.2, 0.25) is 0 Å². The minimum atomic E-state index is 0.852. The third-order valence-corrected chi connectivity index (χ3v) is 6.51. The molecule has 0 fully saturated rings. The van der Waals surface area contributed by atoms with E-state index in [9.17, 15) is 0 Å². The van der Waals surface area contributed by atoms with Crippen LogP contribution in [0.2, 0.25) is 0 Å². The van der Waals surface area contributed by atoms with Crippen molar-refractivity contribution in [1.82, 2.24) is 29.1 Å². The maximum atomic E-state index is 4.97. The lowest BCUT2D eigenvalue weighted by Gasteiger charge is -2.09. The third kappa shape index (κ3) is 3.52. The van der Waals surface area contributed by atoms with Crippen molar-refractivity contribution in [2.45, 2.75) is 13.8 Å². The van der Waals surface area contributed by atoms with Crippen LogP contribution in [0, 0.1) is 13.8 Å². The molecule has 0 amide bonds. The molecule has 160 valence electrons. The van der Waals surface area contributed by atoms with Gasteiger partial charge < -0.3 is 4.57 Å². The second-order valence-corrected chi connectivity index (χ2v) is 9.14. The van der Waals surface area contributed by atoms with Gasteiger partial charge in [-0.25, -0.2) is 15.0 Å². The summed E-state index contributed by atoms with van der Waals surface area (Å²) in [7, 11) is 0. The molecular formula is C26H20N6S. The first kappa shape index (κ1) is 19.6. The average Bonchev–Trinajstić information content (AvgIpc) is 3.58. The second-order valence-electron chi connectivity index (χ2n) is 7.90. The summed E-state index contributed by atoms with van der Waals surface area (Å²) in [4.78, 5) is 19.7. The fourth-order valence-electron chi connectivity index (χ4n) is 3.91. The molecule has 0 saturated heterocycles. The molecule has 0 spiro atoms. The lowest BCUT2D eigenvalue weighted by Crippen LogP contribution is -1.98. The van der Waals surface area contributed by atoms with E-state index >= 15 is 0 Å². The van der Waals surface area contributed by atoms with Crippen LogP contribution in [0.1, 0.15) is 10.6 Å². The summed E-state index contributed by atoms with van der Waals surface area (Å²) in [6.45, 7) is 4.04. The van der Waals surface area contributed by atoms with E-state index in [-0.39, 0.29) is 0 Å². The zero-order valence-corrected chi connectivity index (χ0v) is 19.0. The standard InChI is InChI=1S/C26H20N6S/c1-17-5-8-22(15-28-17)32-16-23(26-29-14-18(2)33-26)30-25(32)20-6-9-21(10-7-20)31-13-11-19-4-3-12-27-24(19)31/h3-16H,1-2H3. The van der Waals surface area contributed by atoms with E-state index in [1.807, 2.05) is 43.8 Å². The van der Waals surface area contributed by atoms with Crippen LogP contribution in [-0.4, -0.2) is 29.1 Å². The number of fused-ring (bicyclic) bond motifs is 1. The predicted molar refractivity (Wildman–Crippen MR) is 132 cm³/mol. The number of hydrogen-bond acceptors (Lipinski definition) is 5. The summed E-state index contributed by atoms with van der Waals surface area (Å²) in [6.07, 6.45) is 9.67. The molecule has 0 aliphatic rings. The molecule has 5 aromatic heterocycles. The number of imidazole rings is 1. The summed E-state index contributed by atoms with van der Waals surface area (Å²) >= 11 is 1.64. The highest BCUT2D eigenvalue weighted by Gasteiger charge is 2.16. The van der Waals surface area contributed by atoms with Gasteiger partial charge in [0, 0.05) is 52.0 Å². The fourth-order valence-corrected chi connectivity index (χ4v) is 4.62. The monoisotopic (exact) mass is 448 g/mol. The van der Waals surface area contributed by atoms with Crippen LogP contribution in [0.5, 0.6) is 0 Å². The maximum Gasteiger partial charge on any atom is 0.145 e. The lowest BCUT2D eigenvalue weighted by molar-refractivity contribution is 1.03. The number of rotatable bonds is 4. The molecular weight excluding hydrogens is 428 g/mol. The van der Waals surface area contributed by atoms with Gasteiger partial charge in [-0.15, -0.1) is 11.3 Å². The van der Waals surface area contributed by atoms with Gasteiger partial charge in [-0.1, -0.05) is 0 Å². The number of pyridine rings is 2. The Hall–Kier alpha value is -4.10. The quantitative estimate of drug-likeness (QED) is 0.331. The Morgan fingerprint density at radius 3 is 2.39 bits per heavy atom. The Morgan fingerprint density at radius 1 is 0.788 bits per heavy atom. The van der Waals surface area contributed by atoms with E-state index in [1.165, 1.54) is 0 Å². The normalized spacial score (nSPS) is 11.3. The first-order chi connectivity index (χ1) is 16.2. The fraction of sp³-hybridized carbons (Fsp3) is 0.0769. The maximum absolute atomic E-state index is 4.97. The van der Waals surface area contributed by atoms with Gasteiger partial charge in [0.15, 0.2) is 0 Å². The van der Waals surface area contributed by atoms with Crippen molar-refractivity contribution in [2.24, 2.45) is 0 Å². The molecule has 0 atom stereocenters.